The van der Waals surface area contributed by atoms with Crippen molar-refractivity contribution in [1.29, 1.82) is 0 Å². The van der Waals surface area contributed by atoms with Crippen molar-refractivity contribution in [2.75, 3.05) is 29.1 Å². The van der Waals surface area contributed by atoms with Crippen LogP contribution in [0.5, 0.6) is 0 Å². The van der Waals surface area contributed by atoms with E-state index in [4.69, 9.17) is 0 Å². The lowest BCUT2D eigenvalue weighted by atomic mass is 10.2. The molecule has 5 nitrogen and oxygen atoms in total. The Balaban J connectivity index is 2.41. The average Bonchev–Trinajstić information content (AvgIpc) is 2.51. The molecule has 0 unspecified atom stereocenters. The van der Waals surface area contributed by atoms with Gasteiger partial charge >= 0.3 is 6.18 Å². The summed E-state index contributed by atoms with van der Waals surface area (Å²) < 4.78 is 63.6. The van der Waals surface area contributed by atoms with E-state index in [1.807, 2.05) is 14.1 Å². The summed E-state index contributed by atoms with van der Waals surface area (Å²) in [6.07, 6.45) is -1.90. The monoisotopic (exact) mass is 373 g/mol. The van der Waals surface area contributed by atoms with Gasteiger partial charge in [0.05, 0.1) is 12.2 Å². The van der Waals surface area contributed by atoms with Crippen LogP contribution in [-0.4, -0.2) is 39.4 Å². The summed E-state index contributed by atoms with van der Waals surface area (Å²) >= 11 is 0. The minimum absolute atomic E-state index is 0.165. The zero-order valence-electron chi connectivity index (χ0n) is 13.7. The van der Waals surface area contributed by atoms with Crippen LogP contribution in [0, 0.1) is 0 Å². The van der Waals surface area contributed by atoms with Gasteiger partial charge < -0.3 is 4.90 Å². The summed E-state index contributed by atoms with van der Waals surface area (Å²) in [6.45, 7) is -0.229. The van der Waals surface area contributed by atoms with Gasteiger partial charge in [-0.3, -0.25) is 9.29 Å². The standard InChI is InChI=1S/C16H18F3N3O2S/c1-21(2)14-5-7-15(8-6-14)22(11-13-4-3-9-20-10-13)25(23,24)12-16(17,18)19/h3-10H,11-12H2,1-2H3. The van der Waals surface area contributed by atoms with E-state index in [1.54, 1.807) is 29.2 Å². The average molecular weight is 373 g/mol. The largest absolute Gasteiger partial charge is 0.404 e. The fraction of sp³-hybridized carbons (Fsp3) is 0.312. The van der Waals surface area contributed by atoms with Crippen molar-refractivity contribution in [2.45, 2.75) is 12.7 Å². The van der Waals surface area contributed by atoms with Gasteiger partial charge in [0.2, 0.25) is 10.0 Å². The second-order valence-electron chi connectivity index (χ2n) is 5.65. The molecule has 0 bridgehead atoms. The Labute approximate surface area is 144 Å². The molecule has 0 amide bonds. The maximum atomic E-state index is 12.7. The van der Waals surface area contributed by atoms with Crippen LogP contribution in [0.3, 0.4) is 0 Å². The molecule has 0 spiro atoms. The lowest BCUT2D eigenvalue weighted by Gasteiger charge is -2.25. The van der Waals surface area contributed by atoms with Gasteiger partial charge in [0.25, 0.3) is 0 Å². The SMILES string of the molecule is CN(C)c1ccc(N(Cc2cccnc2)S(=O)(=O)CC(F)(F)F)cc1. The minimum Gasteiger partial charge on any atom is -0.378 e. The minimum atomic E-state index is -4.82. The lowest BCUT2D eigenvalue weighted by Crippen LogP contribution is -2.37. The van der Waals surface area contributed by atoms with E-state index in [2.05, 4.69) is 4.98 Å². The van der Waals surface area contributed by atoms with Crippen molar-refractivity contribution < 1.29 is 21.6 Å². The van der Waals surface area contributed by atoms with E-state index in [9.17, 15) is 21.6 Å². The zero-order valence-corrected chi connectivity index (χ0v) is 14.5. The predicted molar refractivity (Wildman–Crippen MR) is 91.0 cm³/mol. The van der Waals surface area contributed by atoms with Crippen molar-refractivity contribution in [3.05, 3.63) is 54.4 Å². The first-order chi connectivity index (χ1) is 11.6. The van der Waals surface area contributed by atoms with Crippen LogP contribution in [0.15, 0.2) is 48.8 Å². The zero-order chi connectivity index (χ0) is 18.7. The highest BCUT2D eigenvalue weighted by Crippen LogP contribution is 2.27. The van der Waals surface area contributed by atoms with Crippen LogP contribution in [-0.2, 0) is 16.6 Å². The Morgan fingerprint density at radius 3 is 2.12 bits per heavy atom. The third-order valence-electron chi connectivity index (χ3n) is 3.38. The van der Waals surface area contributed by atoms with Gasteiger partial charge in [0.15, 0.2) is 5.75 Å². The number of sulfonamides is 1. The predicted octanol–water partition coefficient (Wildman–Crippen LogP) is 3.05. The van der Waals surface area contributed by atoms with E-state index in [1.165, 1.54) is 24.5 Å². The number of halogens is 3. The second kappa shape index (κ2) is 7.30. The van der Waals surface area contributed by atoms with Gasteiger partial charge in [-0.15, -0.1) is 0 Å². The van der Waals surface area contributed by atoms with Crippen molar-refractivity contribution in [3.8, 4) is 0 Å². The summed E-state index contributed by atoms with van der Waals surface area (Å²) in [5.41, 5.74) is 1.46. The van der Waals surface area contributed by atoms with Gasteiger partial charge in [-0.05, 0) is 35.9 Å². The first kappa shape index (κ1) is 19.0. The molecule has 1 aromatic carbocycles. The third-order valence-corrected chi connectivity index (χ3v) is 5.09. The van der Waals surface area contributed by atoms with Crippen LogP contribution in [0.25, 0.3) is 0 Å². The molecule has 0 saturated carbocycles. The maximum absolute atomic E-state index is 12.7. The molecule has 0 aliphatic rings. The molecule has 0 aliphatic carbocycles. The fourth-order valence-corrected chi connectivity index (χ4v) is 3.57. The molecule has 1 heterocycles. The van der Waals surface area contributed by atoms with E-state index >= 15 is 0 Å². The van der Waals surface area contributed by atoms with Gasteiger partial charge in [0.1, 0.15) is 0 Å². The Hall–Kier alpha value is -2.29. The van der Waals surface area contributed by atoms with Crippen molar-refractivity contribution in [3.63, 3.8) is 0 Å². The molecular formula is C16H18F3N3O2S. The Morgan fingerprint density at radius 2 is 1.64 bits per heavy atom. The summed E-state index contributed by atoms with van der Waals surface area (Å²) in [5.74, 6) is -1.92. The van der Waals surface area contributed by atoms with Gasteiger partial charge in [-0.1, -0.05) is 6.07 Å². The molecule has 2 aromatic rings. The smallest absolute Gasteiger partial charge is 0.378 e. The normalized spacial score (nSPS) is 12.0. The molecule has 0 saturated heterocycles. The Bertz CT molecular complexity index is 792. The number of nitrogens with zero attached hydrogens (tertiary/aromatic N) is 3. The molecule has 136 valence electrons. The fourth-order valence-electron chi connectivity index (χ4n) is 2.21. The number of benzene rings is 1. The first-order valence-corrected chi connectivity index (χ1v) is 8.93. The van der Waals surface area contributed by atoms with Gasteiger partial charge in [-0.25, -0.2) is 8.42 Å². The van der Waals surface area contributed by atoms with Crippen LogP contribution in [0.2, 0.25) is 0 Å². The number of rotatable bonds is 6. The van der Waals surface area contributed by atoms with Crippen LogP contribution in [0.4, 0.5) is 24.5 Å². The number of alkyl halides is 3. The van der Waals surface area contributed by atoms with Crippen molar-refractivity contribution >= 4 is 21.4 Å². The molecule has 0 atom stereocenters. The number of pyridine rings is 1. The number of aromatic nitrogens is 1. The highest BCUT2D eigenvalue weighted by Gasteiger charge is 2.38. The molecule has 0 fully saturated rings. The summed E-state index contributed by atoms with van der Waals surface area (Å²) in [5, 5.41) is 0. The van der Waals surface area contributed by atoms with E-state index < -0.39 is 22.0 Å². The van der Waals surface area contributed by atoms with Gasteiger partial charge in [-0.2, -0.15) is 13.2 Å². The van der Waals surface area contributed by atoms with Crippen LogP contribution < -0.4 is 9.21 Å². The number of hydrogen-bond donors (Lipinski definition) is 0. The topological polar surface area (TPSA) is 53.5 Å². The highest BCUT2D eigenvalue weighted by molar-refractivity contribution is 7.92. The van der Waals surface area contributed by atoms with Crippen molar-refractivity contribution in [2.24, 2.45) is 0 Å². The lowest BCUT2D eigenvalue weighted by molar-refractivity contribution is -0.106. The first-order valence-electron chi connectivity index (χ1n) is 7.32. The highest BCUT2D eigenvalue weighted by atomic mass is 32.2. The third kappa shape index (κ3) is 5.35. The number of anilines is 2. The molecular weight excluding hydrogens is 355 g/mol. The van der Waals surface area contributed by atoms with E-state index in [0.29, 0.717) is 5.56 Å². The quantitative estimate of drug-likeness (QED) is 0.781. The maximum Gasteiger partial charge on any atom is 0.404 e. The second-order valence-corrected chi connectivity index (χ2v) is 7.54. The molecule has 0 radical (unpaired) electrons. The van der Waals surface area contributed by atoms with Crippen LogP contribution in [0.1, 0.15) is 5.56 Å². The molecule has 1 aromatic heterocycles. The van der Waals surface area contributed by atoms with Crippen molar-refractivity contribution in [1.82, 2.24) is 4.98 Å². The summed E-state index contributed by atoms with van der Waals surface area (Å²) in [4.78, 5) is 5.68. The molecule has 9 heteroatoms. The van der Waals surface area contributed by atoms with Crippen LogP contribution >= 0.6 is 0 Å². The van der Waals surface area contributed by atoms with E-state index in [0.717, 1.165) is 9.99 Å². The van der Waals surface area contributed by atoms with Gasteiger partial charge in [0, 0.05) is 32.2 Å². The molecule has 0 N–H and O–H groups in total. The van der Waals surface area contributed by atoms with E-state index in [-0.39, 0.29) is 12.2 Å². The Kier molecular flexibility index (Phi) is 5.56. The summed E-state index contributed by atoms with van der Waals surface area (Å²) in [7, 11) is -0.981. The summed E-state index contributed by atoms with van der Waals surface area (Å²) in [6, 6.07) is 9.47. The number of hydrogen-bond acceptors (Lipinski definition) is 4. The molecule has 25 heavy (non-hydrogen) atoms. The Morgan fingerprint density at radius 1 is 1.04 bits per heavy atom. The molecule has 0 aliphatic heterocycles. The molecule has 2 rings (SSSR count).